The molecule has 3 N–H and O–H groups in total. The van der Waals surface area contributed by atoms with Crippen LogP contribution in [0.25, 0.3) is 0 Å². The number of aliphatic hydroxyl groups is 1. The van der Waals surface area contributed by atoms with Crippen molar-refractivity contribution in [2.45, 2.75) is 12.8 Å². The van der Waals surface area contributed by atoms with Gasteiger partial charge in [-0.15, -0.1) is 0 Å². The van der Waals surface area contributed by atoms with Gasteiger partial charge >= 0.3 is 0 Å². The van der Waals surface area contributed by atoms with Crippen molar-refractivity contribution in [1.29, 1.82) is 0 Å². The second-order valence-corrected chi connectivity index (χ2v) is 1.47. The predicted molar refractivity (Wildman–Crippen MR) is 36.1 cm³/mol. The standard InChI is InChI=1S/C6H12O2.H2O/c1-2-8-6-4-3-5-7;/h2,7H,1,3-6H2;1H2. The molecule has 0 rings (SSSR count). The largest absolute Gasteiger partial charge is 0.502 e. The molecular formula is C6H14O3. The molecule has 9 heavy (non-hydrogen) atoms. The summed E-state index contributed by atoms with van der Waals surface area (Å²) in [5, 5.41) is 8.28. The van der Waals surface area contributed by atoms with Crippen LogP contribution < -0.4 is 0 Å². The predicted octanol–water partition coefficient (Wildman–Crippen LogP) is 0.0943. The van der Waals surface area contributed by atoms with Crippen molar-refractivity contribution in [1.82, 2.24) is 0 Å². The number of ether oxygens (including phenoxy) is 1. The van der Waals surface area contributed by atoms with Crippen LogP contribution >= 0.6 is 0 Å². The first-order chi connectivity index (χ1) is 3.91. The van der Waals surface area contributed by atoms with Gasteiger partial charge in [0.05, 0.1) is 12.9 Å². The highest BCUT2D eigenvalue weighted by Crippen LogP contribution is 1.87. The highest BCUT2D eigenvalue weighted by molar-refractivity contribution is 4.48. The van der Waals surface area contributed by atoms with Crippen LogP contribution in [-0.2, 0) is 4.74 Å². The third kappa shape index (κ3) is 11.2. The molecule has 0 aliphatic carbocycles. The molecule has 0 aromatic heterocycles. The molecule has 0 aliphatic heterocycles. The minimum atomic E-state index is 0. The van der Waals surface area contributed by atoms with Gasteiger partial charge in [0.15, 0.2) is 0 Å². The van der Waals surface area contributed by atoms with Gasteiger partial charge < -0.3 is 15.3 Å². The lowest BCUT2D eigenvalue weighted by Crippen LogP contribution is -1.89. The van der Waals surface area contributed by atoms with Gasteiger partial charge in [-0.1, -0.05) is 6.58 Å². The van der Waals surface area contributed by atoms with Crippen LogP contribution in [0.1, 0.15) is 12.8 Å². The summed E-state index contributed by atoms with van der Waals surface area (Å²) in [5.41, 5.74) is 0. The van der Waals surface area contributed by atoms with Gasteiger partial charge in [0.1, 0.15) is 0 Å². The Morgan fingerprint density at radius 2 is 2.11 bits per heavy atom. The second-order valence-electron chi connectivity index (χ2n) is 1.47. The van der Waals surface area contributed by atoms with Crippen molar-refractivity contribution >= 4 is 0 Å². The van der Waals surface area contributed by atoms with E-state index in [1.807, 2.05) is 0 Å². The summed E-state index contributed by atoms with van der Waals surface area (Å²) in [4.78, 5) is 0. The summed E-state index contributed by atoms with van der Waals surface area (Å²) < 4.78 is 4.79. The fourth-order valence-electron chi connectivity index (χ4n) is 0.381. The maximum atomic E-state index is 8.28. The van der Waals surface area contributed by atoms with Crippen molar-refractivity contribution in [3.05, 3.63) is 12.8 Å². The molecule has 3 heteroatoms. The van der Waals surface area contributed by atoms with Gasteiger partial charge in [0.2, 0.25) is 0 Å². The summed E-state index contributed by atoms with van der Waals surface area (Å²) in [6.07, 6.45) is 3.13. The zero-order valence-electron chi connectivity index (χ0n) is 5.47. The van der Waals surface area contributed by atoms with E-state index in [1.165, 1.54) is 6.26 Å². The minimum absolute atomic E-state index is 0. The lowest BCUT2D eigenvalue weighted by atomic mass is 10.3. The van der Waals surface area contributed by atoms with Crippen molar-refractivity contribution < 1.29 is 15.3 Å². The van der Waals surface area contributed by atoms with Crippen molar-refractivity contribution in [2.24, 2.45) is 0 Å². The number of hydrogen-bond acceptors (Lipinski definition) is 2. The molecule has 0 saturated carbocycles. The monoisotopic (exact) mass is 134 g/mol. The molecule has 0 saturated heterocycles. The molecule has 0 heterocycles. The average molecular weight is 134 g/mol. The number of rotatable bonds is 5. The summed E-state index contributed by atoms with van der Waals surface area (Å²) in [5.74, 6) is 0. The molecule has 0 bridgehead atoms. The quantitative estimate of drug-likeness (QED) is 0.428. The summed E-state index contributed by atoms with van der Waals surface area (Å²) in [6, 6.07) is 0. The molecular weight excluding hydrogens is 120 g/mol. The number of aliphatic hydroxyl groups excluding tert-OH is 1. The van der Waals surface area contributed by atoms with E-state index in [2.05, 4.69) is 6.58 Å². The first-order valence-corrected chi connectivity index (χ1v) is 2.75. The second kappa shape index (κ2) is 10.4. The molecule has 0 aliphatic rings. The zero-order valence-corrected chi connectivity index (χ0v) is 5.47. The SMILES string of the molecule is C=COCCCCO.O. The minimum Gasteiger partial charge on any atom is -0.502 e. The average Bonchev–Trinajstić information content (AvgIpc) is 1.81. The van der Waals surface area contributed by atoms with Crippen molar-refractivity contribution in [2.75, 3.05) is 13.2 Å². The smallest absolute Gasteiger partial charge is 0.0873 e. The Hall–Kier alpha value is -0.540. The number of unbranched alkanes of at least 4 members (excludes halogenated alkanes) is 1. The topological polar surface area (TPSA) is 61.0 Å². The van der Waals surface area contributed by atoms with Gasteiger partial charge in [0.25, 0.3) is 0 Å². The van der Waals surface area contributed by atoms with E-state index in [4.69, 9.17) is 9.84 Å². The first kappa shape index (κ1) is 11.3. The Morgan fingerprint density at radius 3 is 2.56 bits per heavy atom. The molecule has 0 aromatic carbocycles. The molecule has 0 atom stereocenters. The Kier molecular flexibility index (Phi) is 13.1. The molecule has 0 spiro atoms. The summed E-state index contributed by atoms with van der Waals surface area (Å²) in [6.45, 7) is 4.29. The van der Waals surface area contributed by atoms with Gasteiger partial charge in [-0.2, -0.15) is 0 Å². The van der Waals surface area contributed by atoms with Gasteiger partial charge in [0, 0.05) is 6.61 Å². The number of hydrogen-bond donors (Lipinski definition) is 1. The van der Waals surface area contributed by atoms with Gasteiger partial charge in [-0.3, -0.25) is 0 Å². The van der Waals surface area contributed by atoms with E-state index in [9.17, 15) is 0 Å². The van der Waals surface area contributed by atoms with Crippen LogP contribution in [0.2, 0.25) is 0 Å². The van der Waals surface area contributed by atoms with Crippen molar-refractivity contribution in [3.8, 4) is 0 Å². The summed E-state index contributed by atoms with van der Waals surface area (Å²) >= 11 is 0. The third-order valence-electron chi connectivity index (χ3n) is 0.788. The van der Waals surface area contributed by atoms with E-state index in [-0.39, 0.29) is 12.1 Å². The van der Waals surface area contributed by atoms with Crippen LogP contribution in [0, 0.1) is 0 Å². The molecule has 0 aromatic rings. The van der Waals surface area contributed by atoms with Gasteiger partial charge in [-0.25, -0.2) is 0 Å². The third-order valence-corrected chi connectivity index (χ3v) is 0.788. The Morgan fingerprint density at radius 1 is 1.44 bits per heavy atom. The zero-order chi connectivity index (χ0) is 6.24. The molecule has 56 valence electrons. The fraction of sp³-hybridized carbons (Fsp3) is 0.667. The maximum absolute atomic E-state index is 8.28. The van der Waals surface area contributed by atoms with Crippen LogP contribution in [0.5, 0.6) is 0 Å². The fourth-order valence-corrected chi connectivity index (χ4v) is 0.381. The molecule has 0 radical (unpaired) electrons. The Bertz CT molecular complexity index is 54.3. The molecule has 0 fully saturated rings. The normalized spacial score (nSPS) is 7.67. The molecule has 0 unspecified atom stereocenters. The molecule has 3 nitrogen and oxygen atoms in total. The Balaban J connectivity index is 0. The van der Waals surface area contributed by atoms with Gasteiger partial charge in [-0.05, 0) is 12.8 Å². The van der Waals surface area contributed by atoms with Crippen LogP contribution in [0.4, 0.5) is 0 Å². The summed E-state index contributed by atoms with van der Waals surface area (Å²) in [7, 11) is 0. The Labute approximate surface area is 55.3 Å². The molecule has 0 amide bonds. The van der Waals surface area contributed by atoms with Crippen LogP contribution in [0.15, 0.2) is 12.8 Å². The van der Waals surface area contributed by atoms with Crippen LogP contribution in [-0.4, -0.2) is 23.8 Å². The maximum Gasteiger partial charge on any atom is 0.0873 e. The van der Waals surface area contributed by atoms with E-state index in [0.29, 0.717) is 6.61 Å². The lowest BCUT2D eigenvalue weighted by molar-refractivity contribution is 0.220. The van der Waals surface area contributed by atoms with E-state index >= 15 is 0 Å². The van der Waals surface area contributed by atoms with E-state index in [0.717, 1.165) is 12.8 Å². The lowest BCUT2D eigenvalue weighted by Gasteiger charge is -1.95. The van der Waals surface area contributed by atoms with Crippen LogP contribution in [0.3, 0.4) is 0 Å². The highest BCUT2D eigenvalue weighted by atomic mass is 16.5. The van der Waals surface area contributed by atoms with E-state index < -0.39 is 0 Å². The van der Waals surface area contributed by atoms with E-state index in [1.54, 1.807) is 0 Å². The van der Waals surface area contributed by atoms with Crippen molar-refractivity contribution in [3.63, 3.8) is 0 Å². The first-order valence-electron chi connectivity index (χ1n) is 2.75. The highest BCUT2D eigenvalue weighted by Gasteiger charge is 1.81.